The highest BCUT2D eigenvalue weighted by atomic mass is 35.5. The Morgan fingerprint density at radius 3 is 2.83 bits per heavy atom. The van der Waals surface area contributed by atoms with E-state index in [1.54, 1.807) is 0 Å². The summed E-state index contributed by atoms with van der Waals surface area (Å²) >= 11 is 6.16. The molecule has 0 spiro atoms. The first-order valence-corrected chi connectivity index (χ1v) is 6.46. The van der Waals surface area contributed by atoms with E-state index in [2.05, 4.69) is 22.3 Å². The molecule has 2 aromatic rings. The van der Waals surface area contributed by atoms with Gasteiger partial charge in [0.05, 0.1) is 23.0 Å². The minimum absolute atomic E-state index is 0.592. The summed E-state index contributed by atoms with van der Waals surface area (Å²) in [6.07, 6.45) is 3.00. The second-order valence-electron chi connectivity index (χ2n) is 4.21. The zero-order chi connectivity index (χ0) is 13.0. The van der Waals surface area contributed by atoms with Gasteiger partial charge in [-0.15, -0.1) is 0 Å². The Balaban J connectivity index is 2.15. The second kappa shape index (κ2) is 5.87. The van der Waals surface area contributed by atoms with Gasteiger partial charge in [-0.3, -0.25) is 4.68 Å². The van der Waals surface area contributed by atoms with Gasteiger partial charge in [0.25, 0.3) is 0 Å². The second-order valence-corrected chi connectivity index (χ2v) is 4.61. The van der Waals surface area contributed by atoms with E-state index in [0.29, 0.717) is 11.6 Å². The minimum atomic E-state index is 0.592. The van der Waals surface area contributed by atoms with E-state index in [9.17, 15) is 0 Å². The zero-order valence-corrected chi connectivity index (χ0v) is 11.4. The average molecular weight is 265 g/mol. The Morgan fingerprint density at radius 2 is 2.17 bits per heavy atom. The van der Waals surface area contributed by atoms with Gasteiger partial charge in [-0.25, -0.2) is 4.98 Å². The lowest BCUT2D eigenvalue weighted by Gasteiger charge is -2.08. The Kier molecular flexibility index (Phi) is 4.20. The summed E-state index contributed by atoms with van der Waals surface area (Å²) in [7, 11) is 0. The first kappa shape index (κ1) is 12.9. The van der Waals surface area contributed by atoms with Crippen LogP contribution in [0.3, 0.4) is 0 Å². The summed E-state index contributed by atoms with van der Waals surface area (Å²) < 4.78 is 1.84. The number of hydrogen-bond acceptors (Lipinski definition) is 3. The number of nitrogens with zero attached hydrogens (tertiary/aromatic N) is 3. The number of hydrogen-bond donors (Lipinski definition) is 1. The van der Waals surface area contributed by atoms with Gasteiger partial charge in [-0.05, 0) is 31.5 Å². The molecule has 0 saturated carbocycles. The lowest BCUT2D eigenvalue weighted by molar-refractivity contribution is 0.666. The van der Waals surface area contributed by atoms with Gasteiger partial charge in [0.15, 0.2) is 0 Å². The molecule has 2 aromatic heterocycles. The Hall–Kier alpha value is -1.55. The maximum absolute atomic E-state index is 6.16. The van der Waals surface area contributed by atoms with Crippen molar-refractivity contribution in [2.45, 2.75) is 26.8 Å². The molecular weight excluding hydrogens is 248 g/mol. The molecule has 4 nitrogen and oxygen atoms in total. The highest BCUT2D eigenvalue weighted by molar-refractivity contribution is 6.31. The predicted molar refractivity (Wildman–Crippen MR) is 74.1 cm³/mol. The monoisotopic (exact) mass is 264 g/mol. The van der Waals surface area contributed by atoms with Crippen LogP contribution in [0.5, 0.6) is 0 Å². The normalized spacial score (nSPS) is 10.6. The molecule has 1 N–H and O–H groups in total. The number of pyridine rings is 1. The molecular formula is C13H17ClN4. The van der Waals surface area contributed by atoms with Gasteiger partial charge in [0.1, 0.15) is 5.82 Å². The Morgan fingerprint density at radius 1 is 1.33 bits per heavy atom. The van der Waals surface area contributed by atoms with Crippen molar-refractivity contribution < 1.29 is 0 Å². The summed E-state index contributed by atoms with van der Waals surface area (Å²) in [5, 5.41) is 8.26. The van der Waals surface area contributed by atoms with Gasteiger partial charge < -0.3 is 5.32 Å². The molecule has 0 saturated heterocycles. The number of halogens is 1. The fraction of sp³-hybridized carbons (Fsp3) is 0.385. The first-order valence-electron chi connectivity index (χ1n) is 6.08. The predicted octanol–water partition coefficient (Wildman–Crippen LogP) is 3.11. The molecule has 0 aliphatic carbocycles. The van der Waals surface area contributed by atoms with Crippen molar-refractivity contribution in [3.63, 3.8) is 0 Å². The van der Waals surface area contributed by atoms with Crippen LogP contribution in [0.4, 0.5) is 5.82 Å². The van der Waals surface area contributed by atoms with Gasteiger partial charge in [0.2, 0.25) is 0 Å². The maximum Gasteiger partial charge on any atom is 0.126 e. The summed E-state index contributed by atoms with van der Waals surface area (Å²) in [4.78, 5) is 4.51. The van der Waals surface area contributed by atoms with Crippen LogP contribution >= 0.6 is 11.6 Å². The van der Waals surface area contributed by atoms with Crippen molar-refractivity contribution in [3.05, 3.63) is 40.8 Å². The van der Waals surface area contributed by atoms with Crippen LogP contribution in [0.1, 0.15) is 24.7 Å². The first-order chi connectivity index (χ1) is 8.69. The number of nitrogens with one attached hydrogen (secondary N) is 1. The minimum Gasteiger partial charge on any atom is -0.370 e. The van der Waals surface area contributed by atoms with E-state index >= 15 is 0 Å². The van der Waals surface area contributed by atoms with Crippen molar-refractivity contribution in [2.24, 2.45) is 0 Å². The fourth-order valence-electron chi connectivity index (χ4n) is 1.65. The molecule has 2 heterocycles. The molecule has 0 aliphatic rings. The fourth-order valence-corrected chi connectivity index (χ4v) is 1.82. The van der Waals surface area contributed by atoms with Crippen molar-refractivity contribution in [3.8, 4) is 0 Å². The standard InChI is InChI=1S/C13H17ClN4/c1-3-7-15-13-5-4-11(14)12(16-13)9-18-8-6-10(2)17-18/h4-6,8H,3,7,9H2,1-2H3,(H,15,16). The Labute approximate surface area is 112 Å². The lowest BCUT2D eigenvalue weighted by Crippen LogP contribution is -2.07. The number of aromatic nitrogens is 3. The summed E-state index contributed by atoms with van der Waals surface area (Å²) in [6.45, 7) is 5.59. The van der Waals surface area contributed by atoms with Crippen molar-refractivity contribution in [2.75, 3.05) is 11.9 Å². The van der Waals surface area contributed by atoms with E-state index < -0.39 is 0 Å². The van der Waals surface area contributed by atoms with Crippen LogP contribution in [0.25, 0.3) is 0 Å². The number of aryl methyl sites for hydroxylation is 1. The molecule has 0 radical (unpaired) electrons. The lowest BCUT2D eigenvalue weighted by atomic mass is 10.3. The third kappa shape index (κ3) is 3.23. The molecule has 0 fully saturated rings. The molecule has 0 unspecified atom stereocenters. The van der Waals surface area contributed by atoms with E-state index in [-0.39, 0.29) is 0 Å². The maximum atomic E-state index is 6.16. The van der Waals surface area contributed by atoms with Crippen LogP contribution in [0.15, 0.2) is 24.4 Å². The largest absolute Gasteiger partial charge is 0.370 e. The van der Waals surface area contributed by atoms with E-state index in [1.165, 1.54) is 0 Å². The molecule has 2 rings (SSSR count). The smallest absolute Gasteiger partial charge is 0.126 e. The van der Waals surface area contributed by atoms with Crippen LogP contribution in [0.2, 0.25) is 5.02 Å². The summed E-state index contributed by atoms with van der Waals surface area (Å²) in [5.74, 6) is 0.861. The van der Waals surface area contributed by atoms with Crippen LogP contribution in [-0.4, -0.2) is 21.3 Å². The van der Waals surface area contributed by atoms with Gasteiger partial charge in [-0.1, -0.05) is 18.5 Å². The molecule has 0 bridgehead atoms. The van der Waals surface area contributed by atoms with E-state index in [1.807, 2.05) is 36.0 Å². The molecule has 0 aromatic carbocycles. The quantitative estimate of drug-likeness (QED) is 0.902. The third-order valence-corrected chi connectivity index (χ3v) is 2.90. The number of rotatable bonds is 5. The summed E-state index contributed by atoms with van der Waals surface area (Å²) in [6, 6.07) is 5.74. The van der Waals surface area contributed by atoms with Crippen molar-refractivity contribution in [1.29, 1.82) is 0 Å². The van der Waals surface area contributed by atoms with E-state index in [0.717, 1.165) is 30.2 Å². The third-order valence-electron chi connectivity index (χ3n) is 2.56. The zero-order valence-electron chi connectivity index (χ0n) is 10.7. The molecule has 5 heteroatoms. The van der Waals surface area contributed by atoms with Gasteiger partial charge in [0, 0.05) is 12.7 Å². The highest BCUT2D eigenvalue weighted by Crippen LogP contribution is 2.17. The van der Waals surface area contributed by atoms with E-state index in [4.69, 9.17) is 11.6 Å². The molecule has 0 atom stereocenters. The molecule has 96 valence electrons. The molecule has 0 aliphatic heterocycles. The SMILES string of the molecule is CCCNc1ccc(Cl)c(Cn2ccc(C)n2)n1. The van der Waals surface area contributed by atoms with Gasteiger partial charge >= 0.3 is 0 Å². The summed E-state index contributed by atoms with van der Waals surface area (Å²) in [5.41, 5.74) is 1.83. The average Bonchev–Trinajstić information content (AvgIpc) is 2.76. The van der Waals surface area contributed by atoms with Crippen molar-refractivity contribution >= 4 is 17.4 Å². The topological polar surface area (TPSA) is 42.7 Å². The molecule has 18 heavy (non-hydrogen) atoms. The number of anilines is 1. The molecule has 0 amide bonds. The highest BCUT2D eigenvalue weighted by Gasteiger charge is 2.05. The van der Waals surface area contributed by atoms with Crippen molar-refractivity contribution in [1.82, 2.24) is 14.8 Å². The van der Waals surface area contributed by atoms with Crippen LogP contribution in [-0.2, 0) is 6.54 Å². The Bertz CT molecular complexity index is 521. The van der Waals surface area contributed by atoms with Crippen LogP contribution < -0.4 is 5.32 Å². The van der Waals surface area contributed by atoms with Crippen LogP contribution in [0, 0.1) is 6.92 Å². The van der Waals surface area contributed by atoms with Gasteiger partial charge in [-0.2, -0.15) is 5.10 Å².